The Bertz CT molecular complexity index is 1840. The third kappa shape index (κ3) is 4.55. The molecule has 1 aromatic heterocycles. The molecule has 3 aliphatic heterocycles. The Morgan fingerprint density at radius 3 is 2.54 bits per heavy atom. The van der Waals surface area contributed by atoms with Crippen LogP contribution < -0.4 is 20.7 Å². The fraction of sp³-hybridized carbons (Fsp3) is 0.265. The molecule has 41 heavy (non-hydrogen) atoms. The minimum Gasteiger partial charge on any atom is -0.422 e. The molecule has 0 bridgehead atoms. The van der Waals surface area contributed by atoms with Crippen LogP contribution in [0.15, 0.2) is 69.9 Å². The van der Waals surface area contributed by atoms with Gasteiger partial charge in [0.2, 0.25) is 5.91 Å². The average Bonchev–Trinajstić information content (AvgIpc) is 2.98. The summed E-state index contributed by atoms with van der Waals surface area (Å²) in [5.74, 6) is 5.73. The summed E-state index contributed by atoms with van der Waals surface area (Å²) in [6.45, 7) is 2.52. The predicted molar refractivity (Wildman–Crippen MR) is 158 cm³/mol. The van der Waals surface area contributed by atoms with Gasteiger partial charge in [0.05, 0.1) is 12.2 Å². The maximum atomic E-state index is 13.5. The van der Waals surface area contributed by atoms with Gasteiger partial charge >= 0.3 is 5.63 Å². The molecule has 4 aromatic rings. The van der Waals surface area contributed by atoms with Crippen molar-refractivity contribution in [2.75, 3.05) is 29.4 Å². The molecule has 0 aliphatic carbocycles. The van der Waals surface area contributed by atoms with Crippen LogP contribution in [0.4, 0.5) is 11.4 Å². The third-order valence-corrected chi connectivity index (χ3v) is 8.26. The number of benzene rings is 3. The molecule has 1 N–H and O–H groups in total. The Morgan fingerprint density at radius 2 is 1.66 bits per heavy atom. The number of amides is 2. The molecule has 0 fully saturated rings. The normalized spacial score (nSPS) is 15.0. The number of nitrogens with zero attached hydrogens (tertiary/aromatic N) is 2. The van der Waals surface area contributed by atoms with E-state index in [-0.39, 0.29) is 24.4 Å². The first-order valence-corrected chi connectivity index (χ1v) is 14.2. The number of fused-ring (bicyclic) bond motifs is 4. The van der Waals surface area contributed by atoms with Crippen molar-refractivity contribution in [2.45, 2.75) is 38.6 Å². The zero-order chi connectivity index (χ0) is 27.9. The topological polar surface area (TPSA) is 82.9 Å². The molecular formula is C34H29N3O4. The van der Waals surface area contributed by atoms with Gasteiger partial charge in [-0.05, 0) is 67.1 Å². The van der Waals surface area contributed by atoms with E-state index in [9.17, 15) is 14.4 Å². The number of carbonyl (C=O) groups is 2. The van der Waals surface area contributed by atoms with Gasteiger partial charge in [0, 0.05) is 53.8 Å². The summed E-state index contributed by atoms with van der Waals surface area (Å²) in [5, 5.41) is 3.55. The van der Waals surface area contributed by atoms with Gasteiger partial charge in [-0.15, -0.1) is 0 Å². The Balaban J connectivity index is 1.10. The van der Waals surface area contributed by atoms with Crippen LogP contribution in [0.5, 0.6) is 0 Å². The van der Waals surface area contributed by atoms with Gasteiger partial charge in [-0.1, -0.05) is 42.2 Å². The summed E-state index contributed by atoms with van der Waals surface area (Å²) < 4.78 is 5.77. The maximum Gasteiger partial charge on any atom is 0.349 e. The van der Waals surface area contributed by atoms with Gasteiger partial charge in [-0.3, -0.25) is 9.59 Å². The first-order valence-electron chi connectivity index (χ1n) is 14.2. The van der Waals surface area contributed by atoms with Crippen molar-refractivity contribution >= 4 is 34.2 Å². The summed E-state index contributed by atoms with van der Waals surface area (Å²) in [7, 11) is 0. The van der Waals surface area contributed by atoms with Crippen molar-refractivity contribution < 1.29 is 14.0 Å². The van der Waals surface area contributed by atoms with Gasteiger partial charge in [0.25, 0.3) is 5.91 Å². The lowest BCUT2D eigenvalue weighted by Gasteiger charge is -2.37. The van der Waals surface area contributed by atoms with E-state index in [0.29, 0.717) is 12.1 Å². The van der Waals surface area contributed by atoms with E-state index in [4.69, 9.17) is 4.42 Å². The lowest BCUT2D eigenvalue weighted by Crippen LogP contribution is -2.36. The SMILES string of the molecule is O=C(NCCC(=O)N1Cc2ccccc2C#Cc2ccccc21)c1cc2cc3c4c(c2oc1=O)CCCN4CCC3. The van der Waals surface area contributed by atoms with Crippen LogP contribution in [0, 0.1) is 11.8 Å². The summed E-state index contributed by atoms with van der Waals surface area (Å²) in [6.07, 6.45) is 4.03. The first-order chi connectivity index (χ1) is 20.1. The zero-order valence-corrected chi connectivity index (χ0v) is 22.7. The fourth-order valence-corrected chi connectivity index (χ4v) is 6.32. The number of rotatable bonds is 4. The second-order valence-electron chi connectivity index (χ2n) is 10.8. The number of anilines is 2. The summed E-state index contributed by atoms with van der Waals surface area (Å²) in [4.78, 5) is 43.7. The molecule has 7 rings (SSSR count). The van der Waals surface area contributed by atoms with Gasteiger partial charge in [0.15, 0.2) is 0 Å². The van der Waals surface area contributed by atoms with Crippen molar-refractivity contribution in [3.05, 3.63) is 104 Å². The fourth-order valence-electron chi connectivity index (χ4n) is 6.32. The highest BCUT2D eigenvalue weighted by Gasteiger charge is 2.28. The van der Waals surface area contributed by atoms with E-state index in [1.54, 1.807) is 11.0 Å². The van der Waals surface area contributed by atoms with Crippen LogP contribution in [0.2, 0.25) is 0 Å². The Hall–Kier alpha value is -4.83. The van der Waals surface area contributed by atoms with E-state index in [0.717, 1.165) is 72.1 Å². The van der Waals surface area contributed by atoms with Gasteiger partial charge < -0.3 is 19.5 Å². The molecule has 2 amide bonds. The molecule has 7 heteroatoms. The molecule has 0 radical (unpaired) electrons. The number of hydrogen-bond donors (Lipinski definition) is 1. The smallest absolute Gasteiger partial charge is 0.349 e. The Labute approximate surface area is 237 Å². The summed E-state index contributed by atoms with van der Waals surface area (Å²) >= 11 is 0. The molecule has 0 saturated carbocycles. The largest absolute Gasteiger partial charge is 0.422 e. The molecule has 3 aromatic carbocycles. The Morgan fingerprint density at radius 1 is 0.902 bits per heavy atom. The van der Waals surface area contributed by atoms with Crippen molar-refractivity contribution in [2.24, 2.45) is 0 Å². The van der Waals surface area contributed by atoms with Crippen LogP contribution in [0.1, 0.15) is 57.4 Å². The monoisotopic (exact) mass is 543 g/mol. The molecule has 7 nitrogen and oxygen atoms in total. The molecule has 204 valence electrons. The van der Waals surface area contributed by atoms with E-state index in [2.05, 4.69) is 28.1 Å². The van der Waals surface area contributed by atoms with Gasteiger partial charge in [0.1, 0.15) is 11.1 Å². The minimum atomic E-state index is -0.654. The highest BCUT2D eigenvalue weighted by molar-refractivity contribution is 5.99. The van der Waals surface area contributed by atoms with Crippen LogP contribution in [0.3, 0.4) is 0 Å². The van der Waals surface area contributed by atoms with Crippen LogP contribution in [0.25, 0.3) is 11.0 Å². The first kappa shape index (κ1) is 25.2. The number of nitrogens with one attached hydrogen (secondary N) is 1. The second-order valence-corrected chi connectivity index (χ2v) is 10.8. The number of para-hydroxylation sites is 1. The van der Waals surface area contributed by atoms with Gasteiger partial charge in [-0.2, -0.15) is 0 Å². The summed E-state index contributed by atoms with van der Waals surface area (Å²) in [6, 6.07) is 19.1. The van der Waals surface area contributed by atoms with Crippen LogP contribution in [-0.2, 0) is 24.2 Å². The van der Waals surface area contributed by atoms with Crippen molar-refractivity contribution in [3.63, 3.8) is 0 Å². The standard InChI is InChI=1S/C34H29N3O4/c38-30(37-21-25-9-2-1-7-22(25)13-14-23-8-3-4-12-29(23)37)15-16-35-33(39)28-20-26-19-24-10-5-17-36-18-6-11-27(31(24)36)32(26)41-34(28)40/h1-4,7-9,12,19-20H,5-6,10-11,15-18,21H2,(H,35,39). The summed E-state index contributed by atoms with van der Waals surface area (Å²) in [5.41, 5.74) is 6.81. The second kappa shape index (κ2) is 10.3. The lowest BCUT2D eigenvalue weighted by molar-refractivity contribution is -0.118. The predicted octanol–water partition coefficient (Wildman–Crippen LogP) is 4.56. The average molecular weight is 544 g/mol. The van der Waals surface area contributed by atoms with Crippen molar-refractivity contribution in [1.29, 1.82) is 0 Å². The quantitative estimate of drug-likeness (QED) is 0.302. The number of carbonyl (C=O) groups excluding carboxylic acids is 2. The molecule has 0 spiro atoms. The van der Waals surface area contributed by atoms with Crippen LogP contribution in [-0.4, -0.2) is 31.4 Å². The van der Waals surface area contributed by atoms with Crippen LogP contribution >= 0.6 is 0 Å². The number of aryl methyl sites for hydroxylation is 2. The Kier molecular flexibility index (Phi) is 6.31. The molecule has 0 saturated heterocycles. The number of hydrogen-bond acceptors (Lipinski definition) is 5. The highest BCUT2D eigenvalue weighted by Crippen LogP contribution is 2.39. The van der Waals surface area contributed by atoms with Crippen molar-refractivity contribution in [1.82, 2.24) is 5.32 Å². The van der Waals surface area contributed by atoms with Crippen molar-refractivity contribution in [3.8, 4) is 11.8 Å². The van der Waals surface area contributed by atoms with E-state index in [1.807, 2.05) is 48.5 Å². The minimum absolute atomic E-state index is 0.0404. The third-order valence-electron chi connectivity index (χ3n) is 8.26. The van der Waals surface area contributed by atoms with E-state index < -0.39 is 11.5 Å². The lowest BCUT2D eigenvalue weighted by atomic mass is 9.90. The van der Waals surface area contributed by atoms with E-state index >= 15 is 0 Å². The van der Waals surface area contributed by atoms with E-state index in [1.165, 1.54) is 11.3 Å². The molecule has 0 unspecified atom stereocenters. The molecule has 0 atom stereocenters. The zero-order valence-electron chi connectivity index (χ0n) is 22.7. The molecular weight excluding hydrogens is 514 g/mol. The van der Waals surface area contributed by atoms with Gasteiger partial charge in [-0.25, -0.2) is 4.79 Å². The molecule has 4 heterocycles. The highest BCUT2D eigenvalue weighted by atomic mass is 16.4. The maximum absolute atomic E-state index is 13.5. The molecule has 3 aliphatic rings.